The first-order chi connectivity index (χ1) is 19.5. The number of anilines is 1. The topological polar surface area (TPSA) is 60.2 Å². The number of likely N-dealkylation sites (N-methyl/N-ethyl adjacent to an activating group) is 1. The maximum atomic E-state index is 11.6. The second-order valence-electron chi connectivity index (χ2n) is 14.0. The van der Waals surface area contributed by atoms with E-state index in [-0.39, 0.29) is 16.9 Å². The van der Waals surface area contributed by atoms with Crippen molar-refractivity contribution in [3.8, 4) is 0 Å². The van der Waals surface area contributed by atoms with Crippen LogP contribution in [0.25, 0.3) is 0 Å². The number of aliphatic hydroxyl groups excluding tert-OH is 1. The summed E-state index contributed by atoms with van der Waals surface area (Å²) in [5.41, 5.74) is 9.54. The molecule has 10 rings (SSSR count). The summed E-state index contributed by atoms with van der Waals surface area (Å²) in [6, 6.07) is 19.2. The number of aliphatic hydroxyl groups is 1. The molecule has 0 amide bonds. The van der Waals surface area contributed by atoms with Crippen LogP contribution < -0.4 is 10.2 Å². The molecule has 6 heterocycles. The number of hydrogen-bond acceptors (Lipinski definition) is 5. The fraction of sp³-hybridized carbons (Fsp3) is 0.543. The number of nitrogens with zero attached hydrogens (tertiary/aromatic N) is 3. The number of para-hydroxylation sites is 2. The van der Waals surface area contributed by atoms with Gasteiger partial charge in [-0.25, -0.2) is 0 Å². The van der Waals surface area contributed by atoms with Gasteiger partial charge in [0, 0.05) is 48.3 Å². The number of fused-ring (bicyclic) bond motifs is 6. The molecule has 8 aliphatic rings. The van der Waals surface area contributed by atoms with E-state index in [0.29, 0.717) is 41.9 Å². The molecule has 1 saturated carbocycles. The molecule has 6 bridgehead atoms. The molecule has 5 nitrogen and oxygen atoms in total. The molecule has 0 radical (unpaired) electrons. The Balaban J connectivity index is 0.000000120. The lowest BCUT2D eigenvalue weighted by Gasteiger charge is -2.49. The van der Waals surface area contributed by atoms with Crippen LogP contribution in [-0.2, 0) is 10.8 Å². The van der Waals surface area contributed by atoms with Crippen LogP contribution in [-0.4, -0.2) is 53.8 Å². The minimum absolute atomic E-state index is 0.0429. The standard InChI is InChI=1S/C20H28N2O.C15H12N2/c1-4-11(2)12-9-14-18-20(10-15(21-14)17(12)19(20)23)13-7-5-6-8-16(13)22(18)3;1-2-4-11-10(3-1)15-7-9-5-6-12(14(15)17-11)16-13(9)8-15/h5-8,11-12,14-15,17-19,21,23H,4,9-10H2,1-3H3;1-4,7,12H,5-6,8H2/t11-,12-,14-,15-,17?,18-,19?,20+;/m0./s1. The van der Waals surface area contributed by atoms with E-state index in [1.807, 2.05) is 0 Å². The molecule has 2 aliphatic carbocycles. The maximum Gasteiger partial charge on any atom is 0.0899 e. The van der Waals surface area contributed by atoms with Gasteiger partial charge in [0.2, 0.25) is 0 Å². The zero-order valence-electron chi connectivity index (χ0n) is 23.8. The van der Waals surface area contributed by atoms with Crippen molar-refractivity contribution in [3.63, 3.8) is 0 Å². The van der Waals surface area contributed by atoms with E-state index < -0.39 is 0 Å². The molecule has 206 valence electrons. The van der Waals surface area contributed by atoms with Crippen LogP contribution in [0, 0.1) is 17.8 Å². The highest BCUT2D eigenvalue weighted by molar-refractivity contribution is 6.21. The summed E-state index contributed by atoms with van der Waals surface area (Å²) in [5, 5.41) is 15.5. The maximum absolute atomic E-state index is 11.6. The lowest BCUT2D eigenvalue weighted by molar-refractivity contribution is 0.0344. The van der Waals surface area contributed by atoms with E-state index in [2.05, 4.69) is 85.7 Å². The summed E-state index contributed by atoms with van der Waals surface area (Å²) in [6.07, 6.45) is 9.22. The molecule has 5 heteroatoms. The molecular formula is C35H40N4O. The van der Waals surface area contributed by atoms with Gasteiger partial charge >= 0.3 is 0 Å². The van der Waals surface area contributed by atoms with Crippen LogP contribution in [0.2, 0.25) is 0 Å². The molecule has 2 saturated heterocycles. The second kappa shape index (κ2) is 7.95. The summed E-state index contributed by atoms with van der Waals surface area (Å²) >= 11 is 0. The van der Waals surface area contributed by atoms with Crippen molar-refractivity contribution in [1.82, 2.24) is 5.32 Å². The molecule has 2 aromatic rings. The van der Waals surface area contributed by atoms with Crippen molar-refractivity contribution in [2.24, 2.45) is 27.7 Å². The van der Waals surface area contributed by atoms with Crippen LogP contribution >= 0.6 is 0 Å². The van der Waals surface area contributed by atoms with Gasteiger partial charge in [-0.3, -0.25) is 9.98 Å². The van der Waals surface area contributed by atoms with Gasteiger partial charge in [-0.1, -0.05) is 62.7 Å². The summed E-state index contributed by atoms with van der Waals surface area (Å²) in [5.74, 6) is 1.79. The Kier molecular flexibility index (Phi) is 4.75. The number of rotatable bonds is 2. The van der Waals surface area contributed by atoms with Gasteiger partial charge in [0.15, 0.2) is 0 Å². The first kappa shape index (κ1) is 23.9. The van der Waals surface area contributed by atoms with Gasteiger partial charge in [0.05, 0.1) is 35.0 Å². The van der Waals surface area contributed by atoms with Crippen LogP contribution in [0.15, 0.2) is 70.2 Å². The van der Waals surface area contributed by atoms with Gasteiger partial charge in [0.25, 0.3) is 0 Å². The normalized spacial score (nSPS) is 42.2. The Morgan fingerprint density at radius 3 is 2.75 bits per heavy atom. The molecule has 0 aromatic heterocycles. The minimum Gasteiger partial charge on any atom is -0.392 e. The largest absolute Gasteiger partial charge is 0.392 e. The van der Waals surface area contributed by atoms with Crippen molar-refractivity contribution in [2.75, 3.05) is 11.9 Å². The predicted octanol–water partition coefficient (Wildman–Crippen LogP) is 5.49. The Morgan fingerprint density at radius 2 is 1.90 bits per heavy atom. The summed E-state index contributed by atoms with van der Waals surface area (Å²) in [6.45, 7) is 4.69. The van der Waals surface area contributed by atoms with Crippen LogP contribution in [0.3, 0.4) is 0 Å². The average molecular weight is 533 g/mol. The van der Waals surface area contributed by atoms with E-state index in [1.165, 1.54) is 58.8 Å². The van der Waals surface area contributed by atoms with Gasteiger partial charge in [-0.15, -0.1) is 0 Å². The van der Waals surface area contributed by atoms with E-state index in [0.717, 1.165) is 19.3 Å². The molecule has 6 aliphatic heterocycles. The Labute approximate surface area is 237 Å². The third kappa shape index (κ3) is 2.72. The van der Waals surface area contributed by atoms with Gasteiger partial charge in [-0.2, -0.15) is 0 Å². The molecule has 40 heavy (non-hydrogen) atoms. The van der Waals surface area contributed by atoms with E-state index in [9.17, 15) is 5.11 Å². The Morgan fingerprint density at radius 1 is 1.10 bits per heavy atom. The smallest absolute Gasteiger partial charge is 0.0899 e. The lowest BCUT2D eigenvalue weighted by atomic mass is 9.68. The molecular weight excluding hydrogens is 492 g/mol. The highest BCUT2D eigenvalue weighted by atomic mass is 16.3. The van der Waals surface area contributed by atoms with Crippen LogP contribution in [0.4, 0.5) is 11.4 Å². The highest BCUT2D eigenvalue weighted by Gasteiger charge is 2.70. The third-order valence-electron chi connectivity index (χ3n) is 12.5. The molecule has 2 aromatic carbocycles. The van der Waals surface area contributed by atoms with E-state index in [1.54, 1.807) is 0 Å². The number of piperidine rings is 2. The van der Waals surface area contributed by atoms with Gasteiger partial charge < -0.3 is 15.3 Å². The van der Waals surface area contributed by atoms with Crippen molar-refractivity contribution in [1.29, 1.82) is 0 Å². The van der Waals surface area contributed by atoms with E-state index >= 15 is 0 Å². The summed E-state index contributed by atoms with van der Waals surface area (Å²) in [4.78, 5) is 12.2. The second-order valence-corrected chi connectivity index (χ2v) is 14.0. The molecule has 2 spiro atoms. The number of benzene rings is 2. The van der Waals surface area contributed by atoms with Gasteiger partial charge in [0.1, 0.15) is 0 Å². The number of nitrogens with one attached hydrogen (secondary N) is 1. The molecule has 4 unspecified atom stereocenters. The van der Waals surface area contributed by atoms with Crippen molar-refractivity contribution in [3.05, 3.63) is 71.3 Å². The number of aliphatic imine (C=N–C) groups is 2. The fourth-order valence-corrected chi connectivity index (χ4v) is 10.8. The zero-order chi connectivity index (χ0) is 27.0. The molecule has 2 N–H and O–H groups in total. The number of allylic oxidation sites excluding steroid dienone is 2. The molecule has 10 atom stereocenters. The summed E-state index contributed by atoms with van der Waals surface area (Å²) < 4.78 is 0. The first-order valence-corrected chi connectivity index (χ1v) is 15.7. The van der Waals surface area contributed by atoms with Crippen LogP contribution in [0.1, 0.15) is 63.5 Å². The van der Waals surface area contributed by atoms with Gasteiger partial charge in [-0.05, 0) is 66.4 Å². The van der Waals surface area contributed by atoms with Crippen molar-refractivity contribution >= 4 is 22.8 Å². The monoisotopic (exact) mass is 532 g/mol. The SMILES string of the molecule is C1=C2CCC3N=C2CC12C3=Nc1ccccc12.CC[C@H](C)[C@@H]1C[C@@H]2N[C@H]3C[C@]4(c5ccccc5N(C)[C@@H]24)C(O)C31. The first-order valence-electron chi connectivity index (χ1n) is 15.7. The zero-order valence-corrected chi connectivity index (χ0v) is 23.8. The lowest BCUT2D eigenvalue weighted by Crippen LogP contribution is -2.64. The fourth-order valence-electron chi connectivity index (χ4n) is 10.8. The summed E-state index contributed by atoms with van der Waals surface area (Å²) in [7, 11) is 2.23. The number of hydrogen-bond donors (Lipinski definition) is 2. The van der Waals surface area contributed by atoms with Crippen LogP contribution in [0.5, 0.6) is 0 Å². The quantitative estimate of drug-likeness (QED) is 0.538. The molecule has 3 fully saturated rings. The average Bonchev–Trinajstić information content (AvgIpc) is 3.60. The predicted molar refractivity (Wildman–Crippen MR) is 161 cm³/mol. The Bertz CT molecular complexity index is 1520. The highest BCUT2D eigenvalue weighted by Crippen LogP contribution is 2.63. The third-order valence-corrected chi connectivity index (χ3v) is 12.5. The minimum atomic E-state index is -0.206. The van der Waals surface area contributed by atoms with E-state index in [4.69, 9.17) is 9.98 Å². The van der Waals surface area contributed by atoms with Crippen molar-refractivity contribution in [2.45, 2.75) is 93.5 Å². The Hall–Kier alpha value is -2.76. The van der Waals surface area contributed by atoms with Crippen molar-refractivity contribution < 1.29 is 5.11 Å².